The van der Waals surface area contributed by atoms with Gasteiger partial charge in [0, 0.05) is 24.7 Å². The molecule has 6 N–H and O–H groups in total. The molecule has 0 spiro atoms. The zero-order valence-electron chi connectivity index (χ0n) is 25.5. The van der Waals surface area contributed by atoms with E-state index in [1.807, 2.05) is 6.92 Å². The van der Waals surface area contributed by atoms with Crippen LogP contribution in [0, 0.1) is 5.41 Å². The van der Waals surface area contributed by atoms with Gasteiger partial charge in [-0.15, -0.1) is 0 Å². The molecule has 0 unspecified atom stereocenters. The second-order valence-electron chi connectivity index (χ2n) is 10.0. The van der Waals surface area contributed by atoms with Crippen LogP contribution < -0.4 is 0 Å². The van der Waals surface area contributed by atoms with Crippen LogP contribution in [0.3, 0.4) is 0 Å². The molecule has 236 valence electrons. The number of carboxylic acid groups (broad SMARTS) is 3. The molecule has 9 nitrogen and oxygen atoms in total. The fourth-order valence-corrected chi connectivity index (χ4v) is 3.12. The molecule has 0 aliphatic rings. The summed E-state index contributed by atoms with van der Waals surface area (Å²) in [6.45, 7) is 7.80. The maximum atomic E-state index is 10.0. The monoisotopic (exact) mass is 566 g/mol. The summed E-state index contributed by atoms with van der Waals surface area (Å²) in [5.74, 6) is -2.01. The van der Waals surface area contributed by atoms with Crippen LogP contribution in [0.4, 0.5) is 0 Å². The maximum absolute atomic E-state index is 10.0. The fraction of sp³-hybridized carbons (Fsp3) is 0.900. The van der Waals surface area contributed by atoms with Crippen LogP contribution in [0.1, 0.15) is 150 Å². The van der Waals surface area contributed by atoms with Gasteiger partial charge in [-0.3, -0.25) is 14.4 Å². The first-order valence-electron chi connectivity index (χ1n) is 15.0. The summed E-state index contributed by atoms with van der Waals surface area (Å²) in [6.07, 6.45) is 18.2. The number of carboxylic acids is 3. The van der Waals surface area contributed by atoms with Crippen LogP contribution in [-0.4, -0.2) is 68.4 Å². The molecule has 0 rings (SSSR count). The Morgan fingerprint density at radius 1 is 0.436 bits per heavy atom. The van der Waals surface area contributed by atoms with Crippen LogP contribution >= 0.6 is 0 Å². The fourth-order valence-electron chi connectivity index (χ4n) is 3.12. The van der Waals surface area contributed by atoms with E-state index in [1.54, 1.807) is 0 Å². The maximum Gasteiger partial charge on any atom is 0.303 e. The molecule has 0 bridgehead atoms. The molecule has 0 aromatic rings. The smallest absolute Gasteiger partial charge is 0.303 e. The zero-order chi connectivity index (χ0) is 30.8. The summed E-state index contributed by atoms with van der Waals surface area (Å²) in [7, 11) is 0. The molecule has 0 heterocycles. The Hall–Kier alpha value is -1.71. The Balaban J connectivity index is -0.000000210. The number of hydrogen-bond donors (Lipinski definition) is 6. The van der Waals surface area contributed by atoms with Crippen molar-refractivity contribution in [2.24, 2.45) is 5.41 Å². The number of aliphatic carboxylic acids is 3. The van der Waals surface area contributed by atoms with Crippen molar-refractivity contribution in [3.05, 3.63) is 0 Å². The van der Waals surface area contributed by atoms with Gasteiger partial charge in [0.2, 0.25) is 0 Å². The van der Waals surface area contributed by atoms with Gasteiger partial charge >= 0.3 is 17.9 Å². The predicted molar refractivity (Wildman–Crippen MR) is 157 cm³/mol. The van der Waals surface area contributed by atoms with Crippen molar-refractivity contribution in [2.75, 3.05) is 19.8 Å². The molecule has 0 saturated heterocycles. The van der Waals surface area contributed by atoms with Gasteiger partial charge in [-0.2, -0.15) is 0 Å². The van der Waals surface area contributed by atoms with E-state index in [1.165, 1.54) is 57.8 Å². The lowest BCUT2D eigenvalue weighted by molar-refractivity contribution is -0.138. The first kappa shape index (κ1) is 44.3. The number of hydrogen-bond acceptors (Lipinski definition) is 6. The third-order valence-corrected chi connectivity index (χ3v) is 6.24. The Morgan fingerprint density at radius 3 is 0.795 bits per heavy atom. The molecule has 0 radical (unpaired) electrons. The van der Waals surface area contributed by atoms with Crippen molar-refractivity contribution < 1.29 is 45.0 Å². The van der Waals surface area contributed by atoms with Crippen LogP contribution in [0.15, 0.2) is 0 Å². The van der Waals surface area contributed by atoms with Crippen LogP contribution in [0.2, 0.25) is 0 Å². The first-order valence-corrected chi connectivity index (χ1v) is 15.0. The Kier molecular flexibility index (Phi) is 41.2. The first-order chi connectivity index (χ1) is 18.6. The van der Waals surface area contributed by atoms with E-state index in [0.29, 0.717) is 25.7 Å². The van der Waals surface area contributed by atoms with Gasteiger partial charge < -0.3 is 30.6 Å². The molecule has 0 aliphatic heterocycles. The highest BCUT2D eigenvalue weighted by Crippen LogP contribution is 2.18. The predicted octanol–water partition coefficient (Wildman–Crippen LogP) is 6.65. The van der Waals surface area contributed by atoms with Gasteiger partial charge in [-0.25, -0.2) is 0 Å². The minimum atomic E-state index is -0.670. The van der Waals surface area contributed by atoms with E-state index in [9.17, 15) is 14.4 Å². The number of unbranched alkanes of at least 4 members (excludes halogenated alkanes) is 12. The molecule has 0 aromatic heterocycles. The van der Waals surface area contributed by atoms with Crippen LogP contribution in [0.25, 0.3) is 0 Å². The second-order valence-corrected chi connectivity index (χ2v) is 10.0. The van der Waals surface area contributed by atoms with Crippen molar-refractivity contribution >= 4 is 17.9 Å². The Bertz CT molecular complexity index is 446. The number of aliphatic hydroxyl groups excluding tert-OH is 3. The number of aliphatic hydroxyl groups is 3. The highest BCUT2D eigenvalue weighted by molar-refractivity contribution is 5.67. The Morgan fingerprint density at radius 2 is 0.667 bits per heavy atom. The molecule has 0 aliphatic carbocycles. The molecule has 0 fully saturated rings. The van der Waals surface area contributed by atoms with E-state index < -0.39 is 23.3 Å². The van der Waals surface area contributed by atoms with Gasteiger partial charge in [0.05, 0.1) is 19.8 Å². The molecule has 39 heavy (non-hydrogen) atoms. The lowest BCUT2D eigenvalue weighted by atomic mass is 9.88. The molecule has 0 amide bonds. The van der Waals surface area contributed by atoms with Crippen molar-refractivity contribution in [1.29, 1.82) is 0 Å². The summed E-state index contributed by atoms with van der Waals surface area (Å²) in [5.41, 5.74) is -0.667. The molecular formula is C30H62O9. The van der Waals surface area contributed by atoms with Gasteiger partial charge in [-0.1, -0.05) is 105 Å². The van der Waals surface area contributed by atoms with Crippen molar-refractivity contribution in [1.82, 2.24) is 0 Å². The van der Waals surface area contributed by atoms with Crippen LogP contribution in [0.5, 0.6) is 0 Å². The molecule has 0 atom stereocenters. The third-order valence-electron chi connectivity index (χ3n) is 6.24. The largest absolute Gasteiger partial charge is 0.481 e. The summed E-state index contributed by atoms with van der Waals surface area (Å²) >= 11 is 0. The van der Waals surface area contributed by atoms with Crippen molar-refractivity contribution in [2.45, 2.75) is 150 Å². The van der Waals surface area contributed by atoms with E-state index in [4.69, 9.17) is 30.6 Å². The topological polar surface area (TPSA) is 173 Å². The van der Waals surface area contributed by atoms with E-state index in [-0.39, 0.29) is 19.8 Å². The summed E-state index contributed by atoms with van der Waals surface area (Å²) in [4.78, 5) is 30.1. The van der Waals surface area contributed by atoms with Crippen molar-refractivity contribution in [3.8, 4) is 0 Å². The normalized spacial score (nSPS) is 10.2. The van der Waals surface area contributed by atoms with Crippen LogP contribution in [-0.2, 0) is 14.4 Å². The zero-order valence-corrected chi connectivity index (χ0v) is 25.5. The van der Waals surface area contributed by atoms with E-state index >= 15 is 0 Å². The lowest BCUT2D eigenvalue weighted by Gasteiger charge is -2.24. The minimum absolute atomic E-state index is 0.156. The quantitative estimate of drug-likeness (QED) is 0.0784. The van der Waals surface area contributed by atoms with Gasteiger partial charge in [-0.05, 0) is 25.7 Å². The number of carbonyl (C=O) groups is 3. The summed E-state index contributed by atoms with van der Waals surface area (Å²) < 4.78 is 0. The standard InChI is InChI=1S/3C8H16O2.C6H14O3/c3*1-2-3-4-5-6-7-8(9)10;1-2-6(3-7,4-8)5-9/h3*2-7H2,1H3,(H,9,10);7-9H,2-5H2,1H3. The average Bonchev–Trinajstić information content (AvgIpc) is 2.91. The SMILES string of the molecule is CCC(CO)(CO)CO.CCCCCCCC(=O)O.CCCCCCCC(=O)O.CCCCCCCC(=O)O. The molecule has 0 saturated carbocycles. The van der Waals surface area contributed by atoms with Gasteiger partial charge in [0.1, 0.15) is 0 Å². The molecular weight excluding hydrogens is 504 g/mol. The lowest BCUT2D eigenvalue weighted by Crippen LogP contribution is -2.32. The summed E-state index contributed by atoms with van der Waals surface area (Å²) in [6, 6.07) is 0. The Labute approximate surface area is 238 Å². The molecule has 9 heteroatoms. The summed E-state index contributed by atoms with van der Waals surface area (Å²) in [5, 5.41) is 50.8. The van der Waals surface area contributed by atoms with Crippen molar-refractivity contribution in [3.63, 3.8) is 0 Å². The number of rotatable bonds is 22. The van der Waals surface area contributed by atoms with E-state index in [0.717, 1.165) is 38.5 Å². The van der Waals surface area contributed by atoms with Gasteiger partial charge in [0.15, 0.2) is 0 Å². The third kappa shape index (κ3) is 43.6. The van der Waals surface area contributed by atoms with Gasteiger partial charge in [0.25, 0.3) is 0 Å². The highest BCUT2D eigenvalue weighted by atomic mass is 16.4. The second kappa shape index (κ2) is 36.3. The molecule has 0 aromatic carbocycles. The average molecular weight is 567 g/mol. The van der Waals surface area contributed by atoms with E-state index in [2.05, 4.69) is 20.8 Å². The minimum Gasteiger partial charge on any atom is -0.481 e. The highest BCUT2D eigenvalue weighted by Gasteiger charge is 2.24.